The summed E-state index contributed by atoms with van der Waals surface area (Å²) in [4.78, 5) is 14.5. The van der Waals surface area contributed by atoms with Gasteiger partial charge >= 0.3 is 0 Å². The molecule has 0 radical (unpaired) electrons. The Bertz CT molecular complexity index is 717. The second-order valence-electron chi connectivity index (χ2n) is 6.00. The van der Waals surface area contributed by atoms with Crippen LogP contribution >= 0.6 is 0 Å². The summed E-state index contributed by atoms with van der Waals surface area (Å²) in [6.07, 6.45) is 1.16. The highest BCUT2D eigenvalue weighted by atomic mass is 32.2. The van der Waals surface area contributed by atoms with Crippen molar-refractivity contribution in [1.29, 1.82) is 0 Å². The first kappa shape index (κ1) is 20.3. The molecule has 1 amide bonds. The highest BCUT2D eigenvalue weighted by Gasteiger charge is 2.27. The smallest absolute Gasteiger partial charge is 0.254 e. The van der Waals surface area contributed by atoms with Gasteiger partial charge < -0.3 is 19.1 Å². The predicted molar refractivity (Wildman–Crippen MR) is 97.6 cm³/mol. The van der Waals surface area contributed by atoms with E-state index in [1.54, 1.807) is 24.0 Å². The Morgan fingerprint density at radius 1 is 1.12 bits per heavy atom. The minimum atomic E-state index is -3.24. The van der Waals surface area contributed by atoms with Gasteiger partial charge in [0.25, 0.3) is 5.91 Å². The molecular weight excluding hydrogens is 360 g/mol. The van der Waals surface area contributed by atoms with Crippen molar-refractivity contribution < 1.29 is 27.4 Å². The van der Waals surface area contributed by atoms with Gasteiger partial charge in [0.2, 0.25) is 15.8 Å². The van der Waals surface area contributed by atoms with E-state index in [1.165, 1.54) is 21.3 Å². The third-order valence-electron chi connectivity index (χ3n) is 4.42. The summed E-state index contributed by atoms with van der Waals surface area (Å²) in [5.41, 5.74) is 0.437. The zero-order chi connectivity index (χ0) is 19.3. The molecule has 1 aromatic rings. The van der Waals surface area contributed by atoms with Crippen LogP contribution in [0.2, 0.25) is 0 Å². The Morgan fingerprint density at radius 3 is 2.08 bits per heavy atom. The molecule has 1 saturated heterocycles. The minimum absolute atomic E-state index is 0.0532. The Hall–Kier alpha value is -2.00. The number of carbonyl (C=O) groups excluding carboxylic acids is 1. The van der Waals surface area contributed by atoms with E-state index in [9.17, 15) is 13.2 Å². The molecule has 1 N–H and O–H groups in total. The lowest BCUT2D eigenvalue weighted by Gasteiger charge is -2.32. The Morgan fingerprint density at radius 2 is 1.65 bits per heavy atom. The lowest BCUT2D eigenvalue weighted by molar-refractivity contribution is 0.0710. The predicted octanol–water partition coefficient (Wildman–Crippen LogP) is 1.26. The van der Waals surface area contributed by atoms with Gasteiger partial charge in [0.15, 0.2) is 11.5 Å². The van der Waals surface area contributed by atoms with Crippen LogP contribution in [0.3, 0.4) is 0 Å². The second-order valence-corrected chi connectivity index (χ2v) is 8.04. The number of hydrogen-bond donors (Lipinski definition) is 1. The van der Waals surface area contributed by atoms with Crippen molar-refractivity contribution in [3.8, 4) is 17.2 Å². The zero-order valence-corrected chi connectivity index (χ0v) is 16.4. The summed E-state index contributed by atoms with van der Waals surface area (Å²) < 4.78 is 41.9. The molecule has 8 nitrogen and oxygen atoms in total. The molecule has 1 aliphatic heterocycles. The molecule has 0 unspecified atom stereocenters. The van der Waals surface area contributed by atoms with Gasteiger partial charge in [-0.25, -0.2) is 13.1 Å². The first-order valence-electron chi connectivity index (χ1n) is 8.44. The second kappa shape index (κ2) is 8.59. The summed E-state index contributed by atoms with van der Waals surface area (Å²) >= 11 is 0. The van der Waals surface area contributed by atoms with Gasteiger partial charge in [-0.1, -0.05) is 0 Å². The number of nitrogens with zero attached hydrogens (tertiary/aromatic N) is 1. The highest BCUT2D eigenvalue weighted by Crippen LogP contribution is 2.38. The number of benzene rings is 1. The Labute approximate surface area is 154 Å². The fourth-order valence-electron chi connectivity index (χ4n) is 2.92. The molecular formula is C17H26N2O6S. The van der Waals surface area contributed by atoms with Crippen molar-refractivity contribution in [3.63, 3.8) is 0 Å². The van der Waals surface area contributed by atoms with Gasteiger partial charge in [-0.15, -0.1) is 0 Å². The van der Waals surface area contributed by atoms with Crippen molar-refractivity contribution in [2.24, 2.45) is 0 Å². The largest absolute Gasteiger partial charge is 0.493 e. The molecule has 2 rings (SSSR count). The van der Waals surface area contributed by atoms with Crippen LogP contribution in [-0.4, -0.2) is 65.4 Å². The van der Waals surface area contributed by atoms with Crippen LogP contribution in [-0.2, 0) is 10.0 Å². The molecule has 0 aliphatic carbocycles. The topological polar surface area (TPSA) is 94.2 Å². The van der Waals surface area contributed by atoms with Crippen molar-refractivity contribution in [2.45, 2.75) is 25.8 Å². The quantitative estimate of drug-likeness (QED) is 0.758. The molecule has 1 aliphatic rings. The SMILES string of the molecule is CCS(=O)(=O)NC1CCN(C(=O)c2cc(OC)c(OC)c(OC)c2)CC1. The zero-order valence-electron chi connectivity index (χ0n) is 15.6. The average Bonchev–Trinajstić information content (AvgIpc) is 2.66. The molecule has 0 bridgehead atoms. The van der Waals surface area contributed by atoms with Crippen LogP contribution in [0.15, 0.2) is 12.1 Å². The molecule has 0 spiro atoms. The van der Waals surface area contributed by atoms with E-state index in [2.05, 4.69) is 4.72 Å². The third-order valence-corrected chi connectivity index (χ3v) is 5.87. The van der Waals surface area contributed by atoms with Gasteiger partial charge in [-0.2, -0.15) is 0 Å². The van der Waals surface area contributed by atoms with Gasteiger partial charge in [0.05, 0.1) is 27.1 Å². The maximum absolute atomic E-state index is 12.8. The number of likely N-dealkylation sites (tertiary alicyclic amines) is 1. The van der Waals surface area contributed by atoms with Crippen LogP contribution in [0.5, 0.6) is 17.2 Å². The van der Waals surface area contributed by atoms with Crippen molar-refractivity contribution >= 4 is 15.9 Å². The number of methoxy groups -OCH3 is 3. The number of nitrogens with one attached hydrogen (secondary N) is 1. The van der Waals surface area contributed by atoms with E-state index in [1.807, 2.05) is 0 Å². The Balaban J connectivity index is 2.11. The molecule has 9 heteroatoms. The minimum Gasteiger partial charge on any atom is -0.493 e. The lowest BCUT2D eigenvalue weighted by atomic mass is 10.0. The summed E-state index contributed by atoms with van der Waals surface area (Å²) in [7, 11) is 1.26. The van der Waals surface area contributed by atoms with Gasteiger partial charge in [0.1, 0.15) is 0 Å². The number of ether oxygens (including phenoxy) is 3. The van der Waals surface area contributed by atoms with Crippen LogP contribution in [0.1, 0.15) is 30.1 Å². The van der Waals surface area contributed by atoms with E-state index in [0.717, 1.165) is 0 Å². The van der Waals surface area contributed by atoms with E-state index in [4.69, 9.17) is 14.2 Å². The summed E-state index contributed by atoms with van der Waals surface area (Å²) in [6.45, 7) is 2.56. The van der Waals surface area contributed by atoms with Gasteiger partial charge in [0, 0.05) is 24.7 Å². The highest BCUT2D eigenvalue weighted by molar-refractivity contribution is 7.89. The molecule has 0 atom stereocenters. The monoisotopic (exact) mass is 386 g/mol. The van der Waals surface area contributed by atoms with Gasteiger partial charge in [-0.3, -0.25) is 4.79 Å². The number of amides is 1. The van der Waals surface area contributed by atoms with E-state index in [0.29, 0.717) is 48.7 Å². The van der Waals surface area contributed by atoms with Crippen molar-refractivity contribution in [2.75, 3.05) is 40.2 Å². The third kappa shape index (κ3) is 4.59. The summed E-state index contributed by atoms with van der Waals surface area (Å²) in [5.74, 6) is 1.17. The molecule has 146 valence electrons. The molecule has 0 aromatic heterocycles. The number of rotatable bonds is 7. The first-order chi connectivity index (χ1) is 12.3. The van der Waals surface area contributed by atoms with E-state index < -0.39 is 10.0 Å². The number of carbonyl (C=O) groups is 1. The summed E-state index contributed by atoms with van der Waals surface area (Å²) in [6, 6.07) is 3.11. The van der Waals surface area contributed by atoms with Crippen molar-refractivity contribution in [3.05, 3.63) is 17.7 Å². The first-order valence-corrected chi connectivity index (χ1v) is 10.1. The van der Waals surface area contributed by atoms with Crippen LogP contribution in [0.25, 0.3) is 0 Å². The molecule has 1 heterocycles. The van der Waals surface area contributed by atoms with Gasteiger partial charge in [-0.05, 0) is 31.9 Å². The maximum atomic E-state index is 12.8. The molecule has 1 fully saturated rings. The van der Waals surface area contributed by atoms with E-state index in [-0.39, 0.29) is 17.7 Å². The molecule has 26 heavy (non-hydrogen) atoms. The van der Waals surface area contributed by atoms with Crippen molar-refractivity contribution in [1.82, 2.24) is 9.62 Å². The molecule has 1 aromatic carbocycles. The van der Waals surface area contributed by atoms with Crippen LogP contribution in [0.4, 0.5) is 0 Å². The molecule has 0 saturated carbocycles. The van der Waals surface area contributed by atoms with Crippen LogP contribution in [0, 0.1) is 0 Å². The number of piperidine rings is 1. The number of hydrogen-bond acceptors (Lipinski definition) is 6. The standard InChI is InChI=1S/C17H26N2O6S/c1-5-26(21,22)18-13-6-8-19(9-7-13)17(20)12-10-14(23-2)16(25-4)15(11-12)24-3/h10-11,13,18H,5-9H2,1-4H3. The van der Waals surface area contributed by atoms with Crippen LogP contribution < -0.4 is 18.9 Å². The summed E-state index contributed by atoms with van der Waals surface area (Å²) in [5, 5.41) is 0. The normalized spacial score (nSPS) is 15.6. The maximum Gasteiger partial charge on any atom is 0.254 e. The Kier molecular flexibility index (Phi) is 6.71. The van der Waals surface area contributed by atoms with E-state index >= 15 is 0 Å². The average molecular weight is 386 g/mol. The fraction of sp³-hybridized carbons (Fsp3) is 0.588. The lowest BCUT2D eigenvalue weighted by Crippen LogP contribution is -2.46. The fourth-order valence-corrected chi connectivity index (χ4v) is 3.84. The number of sulfonamides is 1.